The van der Waals surface area contributed by atoms with Gasteiger partial charge in [-0.3, -0.25) is 9.69 Å². The van der Waals surface area contributed by atoms with E-state index in [4.69, 9.17) is 0 Å². The van der Waals surface area contributed by atoms with Crippen LogP contribution >= 0.6 is 0 Å². The van der Waals surface area contributed by atoms with Crippen molar-refractivity contribution in [3.8, 4) is 0 Å². The van der Waals surface area contributed by atoms with Gasteiger partial charge >= 0.3 is 0 Å². The quantitative estimate of drug-likeness (QED) is 0.794. The van der Waals surface area contributed by atoms with E-state index in [0.29, 0.717) is 32.2 Å². The highest BCUT2D eigenvalue weighted by Gasteiger charge is 2.23. The molecule has 1 amide bonds. The second-order valence-corrected chi connectivity index (χ2v) is 7.82. The number of amides is 1. The highest BCUT2D eigenvalue weighted by molar-refractivity contribution is 7.88. The van der Waals surface area contributed by atoms with Gasteiger partial charge in [0.25, 0.3) is 0 Å². The number of rotatable bonds is 4. The van der Waals surface area contributed by atoms with Crippen molar-refractivity contribution in [2.75, 3.05) is 39.0 Å². The summed E-state index contributed by atoms with van der Waals surface area (Å²) in [4.78, 5) is 14.0. The summed E-state index contributed by atoms with van der Waals surface area (Å²) in [5, 5.41) is 3.08. The lowest BCUT2D eigenvalue weighted by atomic mass is 10.2. The molecule has 0 unspecified atom stereocenters. The fourth-order valence-electron chi connectivity index (χ4n) is 2.98. The fraction of sp³-hybridized carbons (Fsp3) is 0.923. The predicted octanol–water partition coefficient (Wildman–Crippen LogP) is 0.0125. The third-order valence-electron chi connectivity index (χ3n) is 4.10. The average Bonchev–Trinajstić information content (AvgIpc) is 2.72. The maximum absolute atomic E-state index is 12.0. The Morgan fingerprint density at radius 2 is 1.80 bits per heavy atom. The van der Waals surface area contributed by atoms with E-state index in [1.165, 1.54) is 23.4 Å². The van der Waals surface area contributed by atoms with E-state index in [2.05, 4.69) is 10.2 Å². The molecule has 1 saturated carbocycles. The molecule has 1 N–H and O–H groups in total. The fourth-order valence-corrected chi connectivity index (χ4v) is 3.86. The highest BCUT2D eigenvalue weighted by atomic mass is 32.2. The molecule has 0 atom stereocenters. The van der Waals surface area contributed by atoms with Crippen LogP contribution < -0.4 is 5.32 Å². The molecule has 1 aliphatic heterocycles. The summed E-state index contributed by atoms with van der Waals surface area (Å²) in [6, 6.07) is 0.349. The summed E-state index contributed by atoms with van der Waals surface area (Å²) in [7, 11) is -3.11. The van der Waals surface area contributed by atoms with Crippen LogP contribution in [-0.2, 0) is 14.8 Å². The summed E-state index contributed by atoms with van der Waals surface area (Å²) in [6.45, 7) is 2.83. The van der Waals surface area contributed by atoms with Gasteiger partial charge in [0.15, 0.2) is 0 Å². The Morgan fingerprint density at radius 3 is 2.45 bits per heavy atom. The number of nitrogens with one attached hydrogen (secondary N) is 1. The molecule has 0 spiro atoms. The minimum atomic E-state index is -3.11. The zero-order valence-corrected chi connectivity index (χ0v) is 13.0. The van der Waals surface area contributed by atoms with Gasteiger partial charge in [-0.2, -0.15) is 0 Å². The van der Waals surface area contributed by atoms with E-state index in [9.17, 15) is 13.2 Å². The van der Waals surface area contributed by atoms with E-state index in [0.717, 1.165) is 25.8 Å². The van der Waals surface area contributed by atoms with Crippen molar-refractivity contribution < 1.29 is 13.2 Å². The standard InChI is InChI=1S/C13H25N3O3S/c1-20(18,19)16-8-4-7-15(9-10-16)11-13(17)14-12-5-2-3-6-12/h12H,2-11H2,1H3,(H,14,17). The minimum Gasteiger partial charge on any atom is -0.352 e. The Kier molecular flexibility index (Phi) is 5.40. The Hall–Kier alpha value is -0.660. The van der Waals surface area contributed by atoms with Crippen LogP contribution in [0.25, 0.3) is 0 Å². The van der Waals surface area contributed by atoms with Gasteiger partial charge in [-0.1, -0.05) is 12.8 Å². The number of hydrogen-bond donors (Lipinski definition) is 1. The van der Waals surface area contributed by atoms with Gasteiger partial charge in [-0.15, -0.1) is 0 Å². The lowest BCUT2D eigenvalue weighted by Crippen LogP contribution is -2.42. The largest absolute Gasteiger partial charge is 0.352 e. The van der Waals surface area contributed by atoms with Crippen molar-refractivity contribution in [3.05, 3.63) is 0 Å². The monoisotopic (exact) mass is 303 g/mol. The van der Waals surface area contributed by atoms with Crippen molar-refractivity contribution in [1.29, 1.82) is 0 Å². The smallest absolute Gasteiger partial charge is 0.234 e. The van der Waals surface area contributed by atoms with Crippen molar-refractivity contribution in [3.63, 3.8) is 0 Å². The molecule has 7 heteroatoms. The topological polar surface area (TPSA) is 69.7 Å². The normalized spacial score (nSPS) is 23.6. The second kappa shape index (κ2) is 6.87. The van der Waals surface area contributed by atoms with E-state index < -0.39 is 10.0 Å². The Labute approximate surface area is 121 Å². The average molecular weight is 303 g/mol. The number of hydrogen-bond acceptors (Lipinski definition) is 4. The van der Waals surface area contributed by atoms with Gasteiger partial charge in [0.05, 0.1) is 12.8 Å². The van der Waals surface area contributed by atoms with E-state index in [1.807, 2.05) is 0 Å². The molecule has 1 aliphatic carbocycles. The number of carbonyl (C=O) groups excluding carboxylic acids is 1. The van der Waals surface area contributed by atoms with Gasteiger partial charge in [0.1, 0.15) is 0 Å². The van der Waals surface area contributed by atoms with Crippen molar-refractivity contribution >= 4 is 15.9 Å². The molecular formula is C13H25N3O3S. The SMILES string of the molecule is CS(=O)(=O)N1CCCN(CC(=O)NC2CCCC2)CC1. The van der Waals surface area contributed by atoms with Gasteiger partial charge < -0.3 is 5.32 Å². The van der Waals surface area contributed by atoms with Crippen LogP contribution in [0.15, 0.2) is 0 Å². The molecule has 6 nitrogen and oxygen atoms in total. The Balaban J connectivity index is 1.77. The molecule has 0 aromatic heterocycles. The van der Waals surface area contributed by atoms with Crippen molar-refractivity contribution in [2.24, 2.45) is 0 Å². The Morgan fingerprint density at radius 1 is 1.10 bits per heavy atom. The maximum atomic E-state index is 12.0. The van der Waals surface area contributed by atoms with Crippen LogP contribution in [0.4, 0.5) is 0 Å². The predicted molar refractivity (Wildman–Crippen MR) is 77.9 cm³/mol. The first-order valence-corrected chi connectivity index (χ1v) is 9.27. The molecule has 2 fully saturated rings. The summed E-state index contributed by atoms with van der Waals surface area (Å²) in [5.74, 6) is 0.0738. The van der Waals surface area contributed by atoms with Crippen molar-refractivity contribution in [1.82, 2.24) is 14.5 Å². The lowest BCUT2D eigenvalue weighted by Gasteiger charge is -2.21. The zero-order chi connectivity index (χ0) is 14.6. The molecule has 1 heterocycles. The number of sulfonamides is 1. The molecule has 0 bridgehead atoms. The third kappa shape index (κ3) is 4.71. The van der Waals surface area contributed by atoms with Crippen LogP contribution in [-0.4, -0.2) is 68.6 Å². The van der Waals surface area contributed by atoms with Crippen molar-refractivity contribution in [2.45, 2.75) is 38.1 Å². The number of nitrogens with zero attached hydrogens (tertiary/aromatic N) is 2. The molecule has 116 valence electrons. The van der Waals surface area contributed by atoms with E-state index in [-0.39, 0.29) is 5.91 Å². The van der Waals surface area contributed by atoms with Gasteiger partial charge in [0, 0.05) is 25.7 Å². The van der Waals surface area contributed by atoms with Crippen LogP contribution in [0.5, 0.6) is 0 Å². The van der Waals surface area contributed by atoms with Crippen LogP contribution in [0.3, 0.4) is 0 Å². The highest BCUT2D eigenvalue weighted by Crippen LogP contribution is 2.17. The second-order valence-electron chi connectivity index (χ2n) is 5.84. The van der Waals surface area contributed by atoms with Gasteiger partial charge in [-0.05, 0) is 25.8 Å². The molecule has 0 radical (unpaired) electrons. The van der Waals surface area contributed by atoms with Crippen LogP contribution in [0.2, 0.25) is 0 Å². The van der Waals surface area contributed by atoms with Crippen LogP contribution in [0, 0.1) is 0 Å². The van der Waals surface area contributed by atoms with Gasteiger partial charge in [0.2, 0.25) is 15.9 Å². The summed E-state index contributed by atoms with van der Waals surface area (Å²) in [6.07, 6.45) is 6.62. The first-order valence-electron chi connectivity index (χ1n) is 7.42. The summed E-state index contributed by atoms with van der Waals surface area (Å²) in [5.41, 5.74) is 0. The molecular weight excluding hydrogens is 278 g/mol. The molecule has 0 aromatic carbocycles. The summed E-state index contributed by atoms with van der Waals surface area (Å²) >= 11 is 0. The molecule has 1 saturated heterocycles. The first-order chi connectivity index (χ1) is 9.45. The van der Waals surface area contributed by atoms with E-state index >= 15 is 0 Å². The molecule has 0 aromatic rings. The molecule has 2 rings (SSSR count). The van der Waals surface area contributed by atoms with Gasteiger partial charge in [-0.25, -0.2) is 12.7 Å². The third-order valence-corrected chi connectivity index (χ3v) is 5.41. The molecule has 2 aliphatic rings. The van der Waals surface area contributed by atoms with Crippen LogP contribution in [0.1, 0.15) is 32.1 Å². The molecule has 20 heavy (non-hydrogen) atoms. The van der Waals surface area contributed by atoms with E-state index in [1.54, 1.807) is 0 Å². The first kappa shape index (κ1) is 15.7. The summed E-state index contributed by atoms with van der Waals surface area (Å²) < 4.78 is 24.6. The minimum absolute atomic E-state index is 0.0738. The lowest BCUT2D eigenvalue weighted by molar-refractivity contribution is -0.122. The Bertz CT molecular complexity index is 432. The maximum Gasteiger partial charge on any atom is 0.234 e. The zero-order valence-electron chi connectivity index (χ0n) is 12.2. The number of carbonyl (C=O) groups is 1.